The molecule has 3 fully saturated rings. The van der Waals surface area contributed by atoms with Crippen LogP contribution in [0.2, 0.25) is 0 Å². The molecule has 4 atom stereocenters. The summed E-state index contributed by atoms with van der Waals surface area (Å²) < 4.78 is 17.8. The van der Waals surface area contributed by atoms with Gasteiger partial charge in [0.1, 0.15) is 11.9 Å². The van der Waals surface area contributed by atoms with Crippen LogP contribution in [0.5, 0.6) is 5.88 Å². The van der Waals surface area contributed by atoms with E-state index in [9.17, 15) is 4.79 Å². The molecule has 0 radical (unpaired) electrons. The van der Waals surface area contributed by atoms with Crippen molar-refractivity contribution in [2.75, 3.05) is 33.4 Å². The number of aromatic nitrogens is 3. The predicted molar refractivity (Wildman–Crippen MR) is 154 cm³/mol. The number of allylic oxidation sites excluding steroid dienone is 1. The molecular formula is C31H42N6O4. The molecule has 1 spiro atoms. The van der Waals surface area contributed by atoms with Crippen molar-refractivity contribution in [2.45, 2.75) is 88.7 Å². The number of likely N-dealkylation sites (tertiary alicyclic amines) is 1. The number of carbonyl (C=O) groups excluding carboxylic acids is 1. The zero-order valence-corrected chi connectivity index (χ0v) is 24.3. The third-order valence-corrected chi connectivity index (χ3v) is 9.46. The first kappa shape index (κ1) is 28.0. The molecule has 2 aliphatic heterocycles. The Morgan fingerprint density at radius 2 is 2.12 bits per heavy atom. The van der Waals surface area contributed by atoms with E-state index < -0.39 is 5.41 Å². The van der Waals surface area contributed by atoms with Crippen LogP contribution in [-0.4, -0.2) is 77.0 Å². The van der Waals surface area contributed by atoms with Crippen molar-refractivity contribution in [1.29, 1.82) is 5.41 Å². The van der Waals surface area contributed by atoms with Crippen molar-refractivity contribution in [3.63, 3.8) is 0 Å². The number of carbonyl (C=O) groups is 1. The molecule has 10 nitrogen and oxygen atoms in total. The Balaban J connectivity index is 1.30. The molecule has 220 valence electrons. The van der Waals surface area contributed by atoms with E-state index in [-0.39, 0.29) is 17.6 Å². The molecule has 41 heavy (non-hydrogen) atoms. The van der Waals surface area contributed by atoms with Gasteiger partial charge in [-0.05, 0) is 84.2 Å². The fourth-order valence-corrected chi connectivity index (χ4v) is 7.10. The van der Waals surface area contributed by atoms with Gasteiger partial charge in [0.15, 0.2) is 17.3 Å². The Morgan fingerprint density at radius 3 is 2.90 bits per heavy atom. The van der Waals surface area contributed by atoms with Gasteiger partial charge in [-0.2, -0.15) is 4.98 Å². The first-order valence-electron chi connectivity index (χ1n) is 15.3. The zero-order valence-electron chi connectivity index (χ0n) is 24.3. The molecule has 4 aliphatic rings. The van der Waals surface area contributed by atoms with Gasteiger partial charge < -0.3 is 19.3 Å². The van der Waals surface area contributed by atoms with Gasteiger partial charge in [0.2, 0.25) is 5.88 Å². The van der Waals surface area contributed by atoms with Gasteiger partial charge in [-0.25, -0.2) is 4.98 Å². The summed E-state index contributed by atoms with van der Waals surface area (Å²) in [6.45, 7) is 5.53. The minimum Gasteiger partial charge on any atom is -0.473 e. The van der Waals surface area contributed by atoms with Crippen LogP contribution < -0.4 is 10.1 Å². The van der Waals surface area contributed by atoms with Crippen LogP contribution in [0, 0.1) is 11.3 Å². The summed E-state index contributed by atoms with van der Waals surface area (Å²) in [7, 11) is 2.13. The maximum atomic E-state index is 13.2. The first-order valence-corrected chi connectivity index (χ1v) is 15.3. The summed E-state index contributed by atoms with van der Waals surface area (Å²) in [5.74, 6) is 2.26. The van der Waals surface area contributed by atoms with Crippen molar-refractivity contribution < 1.29 is 18.8 Å². The van der Waals surface area contributed by atoms with Crippen molar-refractivity contribution in [3.05, 3.63) is 35.4 Å². The molecule has 4 heterocycles. The van der Waals surface area contributed by atoms with Crippen LogP contribution in [0.1, 0.15) is 81.7 Å². The predicted octanol–water partition coefficient (Wildman–Crippen LogP) is 4.22. The van der Waals surface area contributed by atoms with E-state index in [0.29, 0.717) is 47.2 Å². The molecule has 2 aliphatic carbocycles. The van der Waals surface area contributed by atoms with Crippen LogP contribution in [0.15, 0.2) is 22.9 Å². The Hall–Kier alpha value is -3.11. The molecular weight excluding hydrogens is 520 g/mol. The summed E-state index contributed by atoms with van der Waals surface area (Å²) >= 11 is 0. The Morgan fingerprint density at radius 1 is 1.24 bits per heavy atom. The zero-order chi connectivity index (χ0) is 28.4. The number of Topliss-reactive ketones (excluding diaryl/α,β-unsaturated/α-hetero) is 1. The number of fused-ring (bicyclic) bond motifs is 2. The Kier molecular flexibility index (Phi) is 8.21. The first-order chi connectivity index (χ1) is 19.9. The van der Waals surface area contributed by atoms with Gasteiger partial charge in [-0.15, -0.1) is 0 Å². The number of rotatable bonds is 9. The lowest BCUT2D eigenvalue weighted by atomic mass is 9.64. The van der Waals surface area contributed by atoms with Crippen LogP contribution >= 0.6 is 0 Å². The van der Waals surface area contributed by atoms with E-state index in [1.807, 2.05) is 0 Å². The summed E-state index contributed by atoms with van der Waals surface area (Å²) in [6, 6.07) is 2.04. The molecule has 10 heteroatoms. The monoisotopic (exact) mass is 562 g/mol. The van der Waals surface area contributed by atoms with Gasteiger partial charge in [0, 0.05) is 43.2 Å². The number of hydrogen-bond donors (Lipinski definition) is 2. The number of ether oxygens (including phenoxy) is 2. The van der Waals surface area contributed by atoms with Crippen LogP contribution in [0.3, 0.4) is 0 Å². The van der Waals surface area contributed by atoms with Crippen molar-refractivity contribution >= 4 is 11.5 Å². The fourth-order valence-electron chi connectivity index (χ4n) is 7.10. The van der Waals surface area contributed by atoms with Crippen molar-refractivity contribution in [2.24, 2.45) is 5.92 Å². The lowest BCUT2D eigenvalue weighted by molar-refractivity contribution is -0.128. The molecule has 2 saturated heterocycles. The molecule has 1 saturated carbocycles. The molecule has 2 aromatic heterocycles. The average Bonchev–Trinajstić information content (AvgIpc) is 3.74. The number of hydrogen-bond acceptors (Lipinski definition) is 10. The largest absolute Gasteiger partial charge is 0.473 e. The van der Waals surface area contributed by atoms with Gasteiger partial charge >= 0.3 is 0 Å². The second-order valence-electron chi connectivity index (χ2n) is 12.2. The van der Waals surface area contributed by atoms with E-state index in [0.717, 1.165) is 89.7 Å². The maximum Gasteiger partial charge on any atom is 0.217 e. The highest BCUT2D eigenvalue weighted by Gasteiger charge is 2.48. The van der Waals surface area contributed by atoms with Gasteiger partial charge in [-0.1, -0.05) is 11.6 Å². The van der Waals surface area contributed by atoms with E-state index in [1.54, 1.807) is 18.3 Å². The van der Waals surface area contributed by atoms with Crippen molar-refractivity contribution in [1.82, 2.24) is 25.3 Å². The second-order valence-corrected chi connectivity index (χ2v) is 12.2. The van der Waals surface area contributed by atoms with E-state index in [4.69, 9.17) is 29.4 Å². The highest BCUT2D eigenvalue weighted by atomic mass is 16.5. The van der Waals surface area contributed by atoms with Crippen molar-refractivity contribution in [3.8, 4) is 17.4 Å². The highest BCUT2D eigenvalue weighted by molar-refractivity contribution is 6.05. The molecule has 2 aromatic rings. The topological polar surface area (TPSA) is 126 Å². The van der Waals surface area contributed by atoms with Gasteiger partial charge in [0.05, 0.1) is 23.4 Å². The summed E-state index contributed by atoms with van der Waals surface area (Å²) in [6.07, 6.45) is 12.6. The summed E-state index contributed by atoms with van der Waals surface area (Å²) in [5.41, 5.74) is 1.62. The summed E-state index contributed by atoms with van der Waals surface area (Å²) in [4.78, 5) is 25.1. The minimum absolute atomic E-state index is 0.0764. The van der Waals surface area contributed by atoms with Crippen LogP contribution in [0.25, 0.3) is 11.5 Å². The minimum atomic E-state index is -0.568. The highest BCUT2D eigenvalue weighted by Crippen LogP contribution is 2.47. The van der Waals surface area contributed by atoms with Gasteiger partial charge in [-0.3, -0.25) is 15.1 Å². The number of ketones is 1. The third-order valence-electron chi connectivity index (χ3n) is 9.46. The number of nitrogens with zero attached hydrogens (tertiary/aromatic N) is 4. The molecule has 0 amide bonds. The van der Waals surface area contributed by atoms with Crippen LogP contribution in [-0.2, 0) is 21.4 Å². The molecule has 0 aromatic carbocycles. The third kappa shape index (κ3) is 5.68. The van der Waals surface area contributed by atoms with Crippen LogP contribution in [0.4, 0.5) is 0 Å². The van der Waals surface area contributed by atoms with E-state index in [1.165, 1.54) is 0 Å². The fraction of sp³-hybridized carbons (Fsp3) is 0.645. The number of nitrogens with one attached hydrogen (secondary N) is 2. The lowest BCUT2D eigenvalue weighted by Crippen LogP contribution is -2.41. The van der Waals surface area contributed by atoms with E-state index in [2.05, 4.69) is 29.3 Å². The second kappa shape index (κ2) is 12.0. The quantitative estimate of drug-likeness (QED) is 0.432. The summed E-state index contributed by atoms with van der Waals surface area (Å²) in [5, 5.41) is 16.5. The molecule has 0 bridgehead atoms. The normalized spacial score (nSPS) is 27.4. The maximum absolute atomic E-state index is 13.2. The average molecular weight is 563 g/mol. The van der Waals surface area contributed by atoms with E-state index >= 15 is 0 Å². The molecule has 0 unspecified atom stereocenters. The molecule has 2 N–H and O–H groups in total. The van der Waals surface area contributed by atoms with Gasteiger partial charge in [0.25, 0.3) is 0 Å². The lowest BCUT2D eigenvalue weighted by Gasteiger charge is -2.36. The Labute approximate surface area is 241 Å². The molecule has 6 rings (SSSR count). The Bertz CT molecular complexity index is 1300. The number of likely N-dealkylation sites (N-methyl/N-ethyl adjacent to an activating group) is 1. The standard InChI is InChI=1S/C31H42N6O4/c1-20(25-8-6-15-37(25)2)40-27-17-24(23(32)10-14-33-18-21-11-16-39-19-21)34-30(35-27)28-22-7-5-13-31(29(22)41-36-28)12-4-3-9-26(31)38/h10,14,17,20-21,25,32-33H,3-9,11-13,15-16,18-19H2,1-2H3/b14-10-,32-23?/t20-,21+,25-,31+/m0/s1. The SMILES string of the molecule is C[C@H](Oc1cc(C(=N)/C=C\NC[C@H]2CCOC2)nc(-c2noc3c2CCC[C@@]32CCCCC2=O)n1)[C@@H]1CCCN1C. The smallest absolute Gasteiger partial charge is 0.217 e.